The number of carbonyl (C=O) groups is 1. The Bertz CT molecular complexity index is 486. The highest BCUT2D eigenvalue weighted by Crippen LogP contribution is 2.45. The fourth-order valence-corrected chi connectivity index (χ4v) is 2.74. The Morgan fingerprint density at radius 2 is 1.68 bits per heavy atom. The molecule has 0 aliphatic heterocycles. The smallest absolute Gasteiger partial charge is 0.201 e. The number of ether oxygens (including phenoxy) is 2. The van der Waals surface area contributed by atoms with Gasteiger partial charge >= 0.3 is 0 Å². The van der Waals surface area contributed by atoms with Crippen LogP contribution >= 0.6 is 0 Å². The zero-order valence-corrected chi connectivity index (χ0v) is 11.2. The monoisotopic (exact) mass is 258 g/mol. The van der Waals surface area contributed by atoms with E-state index in [4.69, 9.17) is 9.47 Å². The van der Waals surface area contributed by atoms with E-state index in [1.165, 1.54) is 0 Å². The Morgan fingerprint density at radius 3 is 2.26 bits per heavy atom. The lowest BCUT2D eigenvalue weighted by Gasteiger charge is -2.46. The molecule has 0 saturated heterocycles. The van der Waals surface area contributed by atoms with Gasteiger partial charge in [-0.2, -0.15) is 0 Å². The van der Waals surface area contributed by atoms with Gasteiger partial charge in [0.15, 0.2) is 0 Å². The van der Waals surface area contributed by atoms with Crippen LogP contribution in [0.4, 0.5) is 0 Å². The maximum Gasteiger partial charge on any atom is 0.201 e. The second kappa shape index (κ2) is 5.51. The third kappa shape index (κ3) is 2.05. The molecular weight excluding hydrogens is 240 g/mol. The van der Waals surface area contributed by atoms with Gasteiger partial charge < -0.3 is 14.3 Å². The van der Waals surface area contributed by atoms with Gasteiger partial charge in [0.05, 0.1) is 5.41 Å². The Kier molecular flexibility index (Phi) is 3.98. The van der Waals surface area contributed by atoms with Gasteiger partial charge in [0.2, 0.25) is 5.79 Å². The normalized spacial score (nSPS) is 24.3. The van der Waals surface area contributed by atoms with Gasteiger partial charge in [0, 0.05) is 20.6 Å². The molecule has 0 spiro atoms. The number of rotatable bonds is 5. The van der Waals surface area contributed by atoms with Crippen LogP contribution in [0, 0.1) is 0 Å². The molecule has 3 heteroatoms. The summed E-state index contributed by atoms with van der Waals surface area (Å²) in [6, 6.07) is 9.82. The summed E-state index contributed by atoms with van der Waals surface area (Å²) in [4.78, 5) is 11.2. The van der Waals surface area contributed by atoms with Gasteiger partial charge in [0.25, 0.3) is 0 Å². The van der Waals surface area contributed by atoms with Gasteiger partial charge in [0.1, 0.15) is 6.29 Å². The summed E-state index contributed by atoms with van der Waals surface area (Å²) in [6.07, 6.45) is 8.82. The first-order valence-electron chi connectivity index (χ1n) is 6.21. The van der Waals surface area contributed by atoms with Crippen LogP contribution in [-0.2, 0) is 19.7 Å². The van der Waals surface area contributed by atoms with E-state index in [1.54, 1.807) is 14.2 Å². The summed E-state index contributed by atoms with van der Waals surface area (Å²) >= 11 is 0. The average Bonchev–Trinajstić information content (AvgIpc) is 2.49. The van der Waals surface area contributed by atoms with Gasteiger partial charge in [-0.15, -0.1) is 0 Å². The Labute approximate surface area is 113 Å². The molecule has 0 N–H and O–H groups in total. The van der Waals surface area contributed by atoms with Crippen molar-refractivity contribution in [1.82, 2.24) is 0 Å². The molecule has 0 saturated carbocycles. The maximum atomic E-state index is 11.2. The lowest BCUT2D eigenvalue weighted by Crippen LogP contribution is -2.53. The van der Waals surface area contributed by atoms with Crippen LogP contribution in [0.2, 0.25) is 0 Å². The molecule has 0 fully saturated rings. The predicted molar refractivity (Wildman–Crippen MR) is 73.8 cm³/mol. The van der Waals surface area contributed by atoms with Gasteiger partial charge in [-0.25, -0.2) is 0 Å². The molecule has 0 heterocycles. The molecule has 1 aliphatic rings. The number of hydrogen-bond donors (Lipinski definition) is 0. The van der Waals surface area contributed by atoms with Gasteiger partial charge in [-0.1, -0.05) is 48.6 Å². The maximum absolute atomic E-state index is 11.2. The van der Waals surface area contributed by atoms with Crippen molar-refractivity contribution in [2.24, 2.45) is 0 Å². The first-order valence-corrected chi connectivity index (χ1v) is 6.21. The third-order valence-corrected chi connectivity index (χ3v) is 3.73. The van der Waals surface area contributed by atoms with Crippen molar-refractivity contribution in [1.29, 1.82) is 0 Å². The number of aldehydes is 1. The van der Waals surface area contributed by atoms with E-state index in [0.29, 0.717) is 6.42 Å². The van der Waals surface area contributed by atoms with Crippen molar-refractivity contribution in [3.05, 3.63) is 60.2 Å². The quantitative estimate of drug-likeness (QED) is 0.601. The standard InChI is InChI=1S/C16H18O3/c1-18-16(19-2)11-7-6-10-15(16,12-13-17)14-8-4-3-5-9-14/h3-11,13H,12H2,1-2H3. The third-order valence-electron chi connectivity index (χ3n) is 3.73. The summed E-state index contributed by atoms with van der Waals surface area (Å²) in [5, 5.41) is 0. The molecule has 1 aromatic carbocycles. The number of allylic oxidation sites excluding steroid dienone is 2. The van der Waals surface area contributed by atoms with E-state index < -0.39 is 11.2 Å². The largest absolute Gasteiger partial charge is 0.349 e. The predicted octanol–water partition coefficient (Wildman–Crippen LogP) is 2.63. The van der Waals surface area contributed by atoms with E-state index in [1.807, 2.05) is 54.6 Å². The van der Waals surface area contributed by atoms with E-state index in [0.717, 1.165) is 11.8 Å². The van der Waals surface area contributed by atoms with E-state index >= 15 is 0 Å². The molecule has 1 atom stereocenters. The summed E-state index contributed by atoms with van der Waals surface area (Å²) in [7, 11) is 3.19. The van der Waals surface area contributed by atoms with Gasteiger partial charge in [-0.3, -0.25) is 0 Å². The van der Waals surface area contributed by atoms with Crippen molar-refractivity contribution >= 4 is 6.29 Å². The zero-order chi connectivity index (χ0) is 13.8. The second-order valence-electron chi connectivity index (χ2n) is 4.50. The molecule has 0 radical (unpaired) electrons. The average molecular weight is 258 g/mol. The minimum Gasteiger partial charge on any atom is -0.349 e. The van der Waals surface area contributed by atoms with Crippen LogP contribution in [0.5, 0.6) is 0 Å². The molecule has 1 aromatic rings. The van der Waals surface area contributed by atoms with Crippen LogP contribution < -0.4 is 0 Å². The number of hydrogen-bond acceptors (Lipinski definition) is 3. The fraction of sp³-hybridized carbons (Fsp3) is 0.312. The molecule has 0 amide bonds. The summed E-state index contributed by atoms with van der Waals surface area (Å²) < 4.78 is 11.3. The topological polar surface area (TPSA) is 35.5 Å². The van der Waals surface area contributed by atoms with Crippen molar-refractivity contribution < 1.29 is 14.3 Å². The van der Waals surface area contributed by atoms with Crippen LogP contribution in [0.3, 0.4) is 0 Å². The van der Waals surface area contributed by atoms with E-state index in [-0.39, 0.29) is 0 Å². The van der Waals surface area contributed by atoms with E-state index in [9.17, 15) is 4.79 Å². The van der Waals surface area contributed by atoms with Gasteiger partial charge in [-0.05, 0) is 11.6 Å². The Morgan fingerprint density at radius 1 is 1.05 bits per heavy atom. The van der Waals surface area contributed by atoms with Crippen molar-refractivity contribution in [3.63, 3.8) is 0 Å². The highest BCUT2D eigenvalue weighted by molar-refractivity contribution is 5.58. The Hall–Kier alpha value is -1.71. The summed E-state index contributed by atoms with van der Waals surface area (Å²) in [6.45, 7) is 0. The lowest BCUT2D eigenvalue weighted by molar-refractivity contribution is -0.207. The first-order chi connectivity index (χ1) is 9.24. The minimum absolute atomic E-state index is 0.291. The minimum atomic E-state index is -0.968. The molecule has 0 aromatic heterocycles. The number of methoxy groups -OCH3 is 2. The van der Waals surface area contributed by atoms with Crippen molar-refractivity contribution in [2.45, 2.75) is 17.6 Å². The molecule has 0 bridgehead atoms. The van der Waals surface area contributed by atoms with Crippen LogP contribution in [0.25, 0.3) is 0 Å². The first kappa shape index (κ1) is 13.7. The molecule has 1 unspecified atom stereocenters. The van der Waals surface area contributed by atoms with Crippen LogP contribution in [0.1, 0.15) is 12.0 Å². The van der Waals surface area contributed by atoms with Crippen LogP contribution in [-0.4, -0.2) is 26.3 Å². The van der Waals surface area contributed by atoms with Crippen molar-refractivity contribution in [3.8, 4) is 0 Å². The number of carbonyl (C=O) groups excluding carboxylic acids is 1. The highest BCUT2D eigenvalue weighted by atomic mass is 16.7. The summed E-state index contributed by atoms with van der Waals surface area (Å²) in [5.41, 5.74) is 0.347. The van der Waals surface area contributed by atoms with E-state index in [2.05, 4.69) is 0 Å². The second-order valence-corrected chi connectivity index (χ2v) is 4.50. The van der Waals surface area contributed by atoms with Crippen LogP contribution in [0.15, 0.2) is 54.6 Å². The number of benzene rings is 1. The molecule has 2 rings (SSSR count). The lowest BCUT2D eigenvalue weighted by atomic mass is 9.68. The molecule has 1 aliphatic carbocycles. The molecule has 19 heavy (non-hydrogen) atoms. The SMILES string of the molecule is COC1(OC)C=CC=CC1(CC=O)c1ccccc1. The van der Waals surface area contributed by atoms with Crippen molar-refractivity contribution in [2.75, 3.05) is 14.2 Å². The Balaban J connectivity index is 2.63. The molecule has 100 valence electrons. The zero-order valence-electron chi connectivity index (χ0n) is 11.2. The highest BCUT2D eigenvalue weighted by Gasteiger charge is 2.51. The molecule has 3 nitrogen and oxygen atoms in total. The fourth-order valence-electron chi connectivity index (χ4n) is 2.74. The molecular formula is C16H18O3. The summed E-state index contributed by atoms with van der Waals surface area (Å²) in [5.74, 6) is -0.968.